The molecule has 3 aliphatic carbocycles. The van der Waals surface area contributed by atoms with E-state index in [9.17, 15) is 0 Å². The summed E-state index contributed by atoms with van der Waals surface area (Å²) in [6.45, 7) is 9.66. The minimum Gasteiger partial charge on any atom is -0.375 e. The summed E-state index contributed by atoms with van der Waals surface area (Å²) < 4.78 is 5.83. The van der Waals surface area contributed by atoms with Gasteiger partial charge in [0.05, 0.1) is 13.2 Å². The van der Waals surface area contributed by atoms with E-state index in [0.29, 0.717) is 18.1 Å². The molecule has 1 aromatic carbocycles. The van der Waals surface area contributed by atoms with Crippen molar-refractivity contribution in [1.82, 2.24) is 10.6 Å². The van der Waals surface area contributed by atoms with Gasteiger partial charge < -0.3 is 15.4 Å². The molecule has 4 atom stereocenters. The van der Waals surface area contributed by atoms with Crippen LogP contribution in [0.2, 0.25) is 0 Å². The van der Waals surface area contributed by atoms with Crippen LogP contribution in [-0.2, 0) is 11.3 Å². The van der Waals surface area contributed by atoms with Crippen molar-refractivity contribution in [2.24, 2.45) is 23.2 Å². The number of fused-ring (bicyclic) bond motifs is 2. The fourth-order valence-corrected chi connectivity index (χ4v) is 5.81. The van der Waals surface area contributed by atoms with Crippen LogP contribution in [0, 0.1) is 23.2 Å². The Balaban J connectivity index is 1.31. The summed E-state index contributed by atoms with van der Waals surface area (Å²) in [4.78, 5) is 0. The third-order valence-corrected chi connectivity index (χ3v) is 7.90. The van der Waals surface area contributed by atoms with Gasteiger partial charge in [0, 0.05) is 19.1 Å². The van der Waals surface area contributed by atoms with Crippen molar-refractivity contribution in [3.8, 4) is 0 Å². The van der Waals surface area contributed by atoms with Crippen LogP contribution in [0.4, 0.5) is 0 Å². The van der Waals surface area contributed by atoms with Crippen LogP contribution in [0.1, 0.15) is 45.1 Å². The Labute approximate surface area is 176 Å². The van der Waals surface area contributed by atoms with Crippen LogP contribution in [0.3, 0.4) is 0 Å². The lowest BCUT2D eigenvalue weighted by Gasteiger charge is -2.60. The fraction of sp³-hybridized carbons (Fsp3) is 0.750. The maximum atomic E-state index is 5.83. The summed E-state index contributed by atoms with van der Waals surface area (Å²) in [6, 6.07) is 11.0. The van der Waals surface area contributed by atoms with Crippen molar-refractivity contribution in [1.29, 1.82) is 0 Å². The molecule has 28 heavy (non-hydrogen) atoms. The van der Waals surface area contributed by atoms with E-state index in [1.165, 1.54) is 43.5 Å². The van der Waals surface area contributed by atoms with Gasteiger partial charge in [0.25, 0.3) is 0 Å². The van der Waals surface area contributed by atoms with E-state index in [4.69, 9.17) is 4.74 Å². The van der Waals surface area contributed by atoms with Crippen LogP contribution >= 0.6 is 11.8 Å². The molecule has 3 nitrogen and oxygen atoms in total. The first-order valence-corrected chi connectivity index (χ1v) is 12.6. The molecule has 0 aliphatic heterocycles. The second kappa shape index (κ2) is 11.0. The van der Waals surface area contributed by atoms with Gasteiger partial charge in [-0.05, 0) is 73.0 Å². The smallest absolute Gasteiger partial charge is 0.0717 e. The molecule has 0 aromatic heterocycles. The number of benzene rings is 1. The van der Waals surface area contributed by atoms with Gasteiger partial charge in [0.2, 0.25) is 0 Å². The van der Waals surface area contributed by atoms with Crippen LogP contribution < -0.4 is 10.6 Å². The SMILES string of the molecule is CSCCC(CNCC1CCC2CC1C2(C)C)NCCOCc1ccccc1. The summed E-state index contributed by atoms with van der Waals surface area (Å²) in [5, 5.41) is 7.53. The first-order chi connectivity index (χ1) is 13.6. The van der Waals surface area contributed by atoms with Gasteiger partial charge in [-0.3, -0.25) is 0 Å². The zero-order valence-corrected chi connectivity index (χ0v) is 18.9. The van der Waals surface area contributed by atoms with Gasteiger partial charge in [-0.2, -0.15) is 11.8 Å². The normalized spacial score (nSPS) is 26.6. The first-order valence-electron chi connectivity index (χ1n) is 11.2. The van der Waals surface area contributed by atoms with Crippen LogP contribution in [0.15, 0.2) is 30.3 Å². The minimum absolute atomic E-state index is 0.540. The maximum absolute atomic E-state index is 5.83. The molecule has 0 amide bonds. The fourth-order valence-electron chi connectivity index (χ4n) is 5.29. The molecule has 3 aliphatic rings. The van der Waals surface area contributed by atoms with Gasteiger partial charge in [-0.15, -0.1) is 0 Å². The lowest BCUT2D eigenvalue weighted by Crippen LogP contribution is -2.54. The molecular weight excluding hydrogens is 364 g/mol. The van der Waals surface area contributed by atoms with Crippen molar-refractivity contribution < 1.29 is 4.74 Å². The Morgan fingerprint density at radius 2 is 2.04 bits per heavy atom. The zero-order chi connectivity index (χ0) is 19.8. The van der Waals surface area contributed by atoms with Crippen molar-refractivity contribution in [2.45, 2.75) is 52.2 Å². The molecule has 4 rings (SSSR count). The highest BCUT2D eigenvalue weighted by Crippen LogP contribution is 2.61. The summed E-state index contributed by atoms with van der Waals surface area (Å²) in [7, 11) is 0. The molecule has 0 radical (unpaired) electrons. The van der Waals surface area contributed by atoms with Crippen LogP contribution in [-0.4, -0.2) is 44.3 Å². The van der Waals surface area contributed by atoms with Crippen LogP contribution in [0.5, 0.6) is 0 Å². The lowest BCUT2D eigenvalue weighted by atomic mass is 9.45. The first kappa shape index (κ1) is 22.1. The van der Waals surface area contributed by atoms with E-state index in [-0.39, 0.29) is 0 Å². The third kappa shape index (κ3) is 5.98. The molecule has 1 aromatic rings. The van der Waals surface area contributed by atoms with Crippen LogP contribution in [0.25, 0.3) is 0 Å². The van der Waals surface area contributed by atoms with E-state index in [0.717, 1.165) is 37.5 Å². The van der Waals surface area contributed by atoms with Gasteiger partial charge in [-0.25, -0.2) is 0 Å². The summed E-state index contributed by atoms with van der Waals surface area (Å²) in [6.07, 6.45) is 7.77. The third-order valence-electron chi connectivity index (χ3n) is 7.26. The number of rotatable bonds is 13. The number of nitrogens with one attached hydrogen (secondary N) is 2. The number of thioether (sulfide) groups is 1. The van der Waals surface area contributed by atoms with Crippen molar-refractivity contribution in [2.75, 3.05) is 38.2 Å². The largest absolute Gasteiger partial charge is 0.375 e. The molecule has 158 valence electrons. The van der Waals surface area contributed by atoms with Gasteiger partial charge in [-0.1, -0.05) is 44.2 Å². The minimum atomic E-state index is 0.540. The summed E-state index contributed by atoms with van der Waals surface area (Å²) >= 11 is 1.94. The van der Waals surface area contributed by atoms with E-state index in [1.807, 2.05) is 17.8 Å². The van der Waals surface area contributed by atoms with Gasteiger partial charge >= 0.3 is 0 Å². The van der Waals surface area contributed by atoms with E-state index < -0.39 is 0 Å². The molecule has 3 saturated carbocycles. The Bertz CT molecular complexity index is 563. The monoisotopic (exact) mass is 404 g/mol. The topological polar surface area (TPSA) is 33.3 Å². The Hall–Kier alpha value is -0.550. The van der Waals surface area contributed by atoms with E-state index in [1.54, 1.807) is 0 Å². The summed E-state index contributed by atoms with van der Waals surface area (Å²) in [5.41, 5.74) is 1.84. The molecule has 0 spiro atoms. The van der Waals surface area contributed by atoms with E-state index in [2.05, 4.69) is 55.0 Å². The van der Waals surface area contributed by atoms with Gasteiger partial charge in [0.1, 0.15) is 0 Å². The lowest BCUT2D eigenvalue weighted by molar-refractivity contribution is -0.103. The average Bonchev–Trinajstić information content (AvgIpc) is 2.72. The predicted octanol–water partition coefficient (Wildman–Crippen LogP) is 4.58. The number of ether oxygens (including phenoxy) is 1. The molecule has 0 heterocycles. The molecule has 4 heteroatoms. The van der Waals surface area contributed by atoms with Crippen molar-refractivity contribution in [3.05, 3.63) is 35.9 Å². The average molecular weight is 405 g/mol. The van der Waals surface area contributed by atoms with Crippen molar-refractivity contribution in [3.63, 3.8) is 0 Å². The Morgan fingerprint density at radius 3 is 2.75 bits per heavy atom. The van der Waals surface area contributed by atoms with Crippen molar-refractivity contribution >= 4 is 11.8 Å². The second-order valence-electron chi connectivity index (χ2n) is 9.33. The van der Waals surface area contributed by atoms with Gasteiger partial charge in [0.15, 0.2) is 0 Å². The van der Waals surface area contributed by atoms with E-state index >= 15 is 0 Å². The standard InChI is InChI=1S/C24H40N2OS/c1-24(2)21-10-9-20(23(24)15-21)16-25-17-22(11-14-28-3)26-12-13-27-18-19-7-5-4-6-8-19/h4-8,20-23,25-26H,9-18H2,1-3H3. The zero-order valence-electron chi connectivity index (χ0n) is 18.1. The molecule has 2 bridgehead atoms. The highest BCUT2D eigenvalue weighted by Gasteiger charge is 2.53. The summed E-state index contributed by atoms with van der Waals surface area (Å²) in [5.74, 6) is 4.05. The molecule has 2 N–H and O–H groups in total. The number of hydrogen-bond donors (Lipinski definition) is 2. The highest BCUT2D eigenvalue weighted by atomic mass is 32.2. The molecular formula is C24H40N2OS. The molecule has 0 saturated heterocycles. The Kier molecular flexibility index (Phi) is 8.71. The highest BCUT2D eigenvalue weighted by molar-refractivity contribution is 7.98. The Morgan fingerprint density at radius 1 is 1.21 bits per heavy atom. The predicted molar refractivity (Wildman–Crippen MR) is 122 cm³/mol. The maximum Gasteiger partial charge on any atom is 0.0717 e. The second-order valence-corrected chi connectivity index (χ2v) is 10.3. The molecule has 4 unspecified atom stereocenters. The molecule has 3 fully saturated rings. The number of hydrogen-bond acceptors (Lipinski definition) is 4. The quantitative estimate of drug-likeness (QED) is 0.472.